The van der Waals surface area contributed by atoms with Crippen molar-refractivity contribution in [1.82, 2.24) is 15.3 Å². The molecule has 88 valence electrons. The molecule has 17 heavy (non-hydrogen) atoms. The van der Waals surface area contributed by atoms with Crippen LogP contribution in [0.4, 0.5) is 0 Å². The van der Waals surface area contributed by atoms with E-state index in [0.717, 1.165) is 17.0 Å². The summed E-state index contributed by atoms with van der Waals surface area (Å²) in [7, 11) is 0. The van der Waals surface area contributed by atoms with Gasteiger partial charge in [-0.25, -0.2) is 4.98 Å². The van der Waals surface area contributed by atoms with Gasteiger partial charge in [0, 0.05) is 18.0 Å². The molecule has 1 heterocycles. The molecule has 1 aromatic heterocycles. The van der Waals surface area contributed by atoms with Crippen LogP contribution in [0.1, 0.15) is 27.3 Å². The minimum atomic E-state index is -0.0757. The number of amides is 1. The van der Waals surface area contributed by atoms with Gasteiger partial charge < -0.3 is 10.3 Å². The minimum Gasteiger partial charge on any atom is -0.347 e. The van der Waals surface area contributed by atoms with Crippen LogP contribution in [0, 0.1) is 13.8 Å². The molecular formula is C13H15N3O. The van der Waals surface area contributed by atoms with Gasteiger partial charge in [-0.1, -0.05) is 17.2 Å². The second kappa shape index (κ2) is 4.82. The van der Waals surface area contributed by atoms with Crippen molar-refractivity contribution >= 4 is 5.91 Å². The first-order valence-corrected chi connectivity index (χ1v) is 5.50. The zero-order valence-corrected chi connectivity index (χ0v) is 9.95. The molecule has 0 spiro atoms. The first-order valence-electron chi connectivity index (χ1n) is 5.50. The molecule has 2 aromatic rings. The van der Waals surface area contributed by atoms with Crippen molar-refractivity contribution in [1.29, 1.82) is 0 Å². The minimum absolute atomic E-state index is 0.0757. The molecule has 4 heteroatoms. The molecule has 0 bridgehead atoms. The van der Waals surface area contributed by atoms with Crippen LogP contribution in [-0.4, -0.2) is 15.9 Å². The van der Waals surface area contributed by atoms with Gasteiger partial charge in [0.15, 0.2) is 0 Å². The standard InChI is InChI=1S/C13H15N3O/c1-9-5-10(2)7-11(6-9)13(17)16-8-12-14-3-4-15-12/h3-7H,8H2,1-2H3,(H,14,15)(H,16,17). The quantitative estimate of drug-likeness (QED) is 0.845. The molecule has 0 aliphatic carbocycles. The van der Waals surface area contributed by atoms with Crippen LogP contribution in [0.5, 0.6) is 0 Å². The Bertz CT molecular complexity index is 497. The summed E-state index contributed by atoms with van der Waals surface area (Å²) in [5.41, 5.74) is 2.87. The number of nitrogens with zero attached hydrogens (tertiary/aromatic N) is 1. The molecule has 0 aliphatic rings. The molecule has 0 unspecified atom stereocenters. The van der Waals surface area contributed by atoms with Crippen molar-refractivity contribution in [3.63, 3.8) is 0 Å². The lowest BCUT2D eigenvalue weighted by Gasteiger charge is -2.05. The summed E-state index contributed by atoms with van der Waals surface area (Å²) in [5.74, 6) is 0.677. The van der Waals surface area contributed by atoms with Crippen molar-refractivity contribution in [2.24, 2.45) is 0 Å². The van der Waals surface area contributed by atoms with E-state index in [-0.39, 0.29) is 5.91 Å². The Morgan fingerprint density at radius 3 is 2.59 bits per heavy atom. The number of rotatable bonds is 3. The Kier molecular flexibility index (Phi) is 3.23. The van der Waals surface area contributed by atoms with Crippen LogP contribution in [0.3, 0.4) is 0 Å². The van der Waals surface area contributed by atoms with Gasteiger partial charge in [-0.2, -0.15) is 0 Å². The Labute approximate surface area is 100 Å². The average Bonchev–Trinajstić information content (AvgIpc) is 2.77. The number of benzene rings is 1. The highest BCUT2D eigenvalue weighted by atomic mass is 16.1. The number of aromatic amines is 1. The second-order valence-corrected chi connectivity index (χ2v) is 4.09. The fourth-order valence-corrected chi connectivity index (χ4v) is 1.77. The molecule has 2 N–H and O–H groups in total. The molecule has 1 amide bonds. The van der Waals surface area contributed by atoms with Crippen LogP contribution < -0.4 is 5.32 Å². The van der Waals surface area contributed by atoms with E-state index in [9.17, 15) is 4.79 Å². The highest BCUT2D eigenvalue weighted by Crippen LogP contribution is 2.08. The first kappa shape index (κ1) is 11.4. The summed E-state index contributed by atoms with van der Waals surface area (Å²) in [4.78, 5) is 18.9. The van der Waals surface area contributed by atoms with E-state index in [1.54, 1.807) is 12.4 Å². The highest BCUT2D eigenvalue weighted by molar-refractivity contribution is 5.94. The molecule has 0 saturated carbocycles. The van der Waals surface area contributed by atoms with Crippen LogP contribution in [0.15, 0.2) is 30.6 Å². The Morgan fingerprint density at radius 1 is 1.29 bits per heavy atom. The van der Waals surface area contributed by atoms with Gasteiger partial charge in [0.25, 0.3) is 5.91 Å². The molecule has 0 radical (unpaired) electrons. The molecule has 4 nitrogen and oxygen atoms in total. The van der Waals surface area contributed by atoms with E-state index in [1.165, 1.54) is 0 Å². The Morgan fingerprint density at radius 2 is 2.00 bits per heavy atom. The SMILES string of the molecule is Cc1cc(C)cc(C(=O)NCc2ncc[nH]2)c1. The predicted molar refractivity (Wildman–Crippen MR) is 65.7 cm³/mol. The van der Waals surface area contributed by atoms with Gasteiger partial charge in [0.05, 0.1) is 6.54 Å². The largest absolute Gasteiger partial charge is 0.347 e. The summed E-state index contributed by atoms with van der Waals surface area (Å²) in [5, 5.41) is 2.82. The van der Waals surface area contributed by atoms with Crippen LogP contribution in [-0.2, 0) is 6.54 Å². The van der Waals surface area contributed by atoms with E-state index >= 15 is 0 Å². The van der Waals surface area contributed by atoms with Gasteiger partial charge >= 0.3 is 0 Å². The molecule has 2 rings (SSSR count). The number of nitrogens with one attached hydrogen (secondary N) is 2. The summed E-state index contributed by atoms with van der Waals surface area (Å²) in [6.45, 7) is 4.38. The van der Waals surface area contributed by atoms with Gasteiger partial charge in [-0.05, 0) is 26.0 Å². The smallest absolute Gasteiger partial charge is 0.251 e. The van der Waals surface area contributed by atoms with E-state index in [1.807, 2.05) is 32.0 Å². The number of imidazole rings is 1. The average molecular weight is 229 g/mol. The molecular weight excluding hydrogens is 214 g/mol. The van der Waals surface area contributed by atoms with Crippen molar-refractivity contribution in [3.05, 3.63) is 53.1 Å². The number of hydrogen-bond donors (Lipinski definition) is 2. The third kappa shape index (κ3) is 2.93. The topological polar surface area (TPSA) is 57.8 Å². The number of carbonyl (C=O) groups excluding carboxylic acids is 1. The Hall–Kier alpha value is -2.10. The number of H-pyrrole nitrogens is 1. The van der Waals surface area contributed by atoms with Crippen LogP contribution in [0.25, 0.3) is 0 Å². The summed E-state index contributed by atoms with van der Waals surface area (Å²) in [6, 6.07) is 5.80. The van der Waals surface area contributed by atoms with Crippen molar-refractivity contribution in [2.45, 2.75) is 20.4 Å². The summed E-state index contributed by atoms with van der Waals surface area (Å²) >= 11 is 0. The van der Waals surface area contributed by atoms with Gasteiger partial charge in [-0.15, -0.1) is 0 Å². The van der Waals surface area contributed by atoms with Crippen LogP contribution in [0.2, 0.25) is 0 Å². The first-order chi connectivity index (χ1) is 8.15. The lowest BCUT2D eigenvalue weighted by molar-refractivity contribution is 0.0950. The normalized spacial score (nSPS) is 10.2. The van der Waals surface area contributed by atoms with Crippen molar-refractivity contribution in [2.75, 3.05) is 0 Å². The van der Waals surface area contributed by atoms with Gasteiger partial charge in [0.2, 0.25) is 0 Å². The van der Waals surface area contributed by atoms with E-state index in [2.05, 4.69) is 15.3 Å². The molecule has 1 aromatic carbocycles. The maximum atomic E-state index is 11.9. The zero-order chi connectivity index (χ0) is 12.3. The summed E-state index contributed by atoms with van der Waals surface area (Å²) < 4.78 is 0. The molecule has 0 saturated heterocycles. The number of aryl methyl sites for hydroxylation is 2. The lowest BCUT2D eigenvalue weighted by Crippen LogP contribution is -2.23. The molecule has 0 atom stereocenters. The van der Waals surface area contributed by atoms with Gasteiger partial charge in [0.1, 0.15) is 5.82 Å². The monoisotopic (exact) mass is 229 g/mol. The maximum Gasteiger partial charge on any atom is 0.251 e. The van der Waals surface area contributed by atoms with Gasteiger partial charge in [-0.3, -0.25) is 4.79 Å². The van der Waals surface area contributed by atoms with E-state index < -0.39 is 0 Å². The molecule has 0 aliphatic heterocycles. The third-order valence-corrected chi connectivity index (χ3v) is 2.46. The summed E-state index contributed by atoms with van der Waals surface area (Å²) in [6.07, 6.45) is 3.40. The fourth-order valence-electron chi connectivity index (χ4n) is 1.77. The van der Waals surface area contributed by atoms with E-state index in [4.69, 9.17) is 0 Å². The van der Waals surface area contributed by atoms with Crippen LogP contribution >= 0.6 is 0 Å². The lowest BCUT2D eigenvalue weighted by atomic mass is 10.1. The Balaban J connectivity index is 2.04. The fraction of sp³-hybridized carbons (Fsp3) is 0.231. The zero-order valence-electron chi connectivity index (χ0n) is 9.95. The maximum absolute atomic E-state index is 11.9. The van der Waals surface area contributed by atoms with E-state index in [0.29, 0.717) is 12.1 Å². The number of carbonyl (C=O) groups is 1. The number of hydrogen-bond acceptors (Lipinski definition) is 2. The van der Waals surface area contributed by atoms with Crippen molar-refractivity contribution in [3.8, 4) is 0 Å². The highest BCUT2D eigenvalue weighted by Gasteiger charge is 2.06. The predicted octanol–water partition coefficient (Wildman–Crippen LogP) is 1.96. The number of aromatic nitrogens is 2. The second-order valence-electron chi connectivity index (χ2n) is 4.09. The molecule has 0 fully saturated rings. The van der Waals surface area contributed by atoms with Crippen molar-refractivity contribution < 1.29 is 4.79 Å². The third-order valence-electron chi connectivity index (χ3n) is 2.46.